The Morgan fingerprint density at radius 1 is 1.21 bits per heavy atom. The van der Waals surface area contributed by atoms with Gasteiger partial charge in [-0.2, -0.15) is 0 Å². The van der Waals surface area contributed by atoms with Crippen LogP contribution >= 0.6 is 33.9 Å². The zero-order valence-corrected chi connectivity index (χ0v) is 16.1. The third kappa shape index (κ3) is 4.88. The van der Waals surface area contributed by atoms with E-state index < -0.39 is 12.1 Å². The lowest BCUT2D eigenvalue weighted by Crippen LogP contribution is -2.24. The Labute approximate surface area is 157 Å². The van der Waals surface area contributed by atoms with E-state index >= 15 is 0 Å². The Kier molecular flexibility index (Phi) is 6.50. The summed E-state index contributed by atoms with van der Waals surface area (Å²) in [4.78, 5) is 36.8. The van der Waals surface area contributed by atoms with Crippen LogP contribution in [-0.2, 0) is 16.1 Å². The monoisotopic (exact) mass is 457 g/mol. The van der Waals surface area contributed by atoms with E-state index in [0.29, 0.717) is 17.0 Å². The summed E-state index contributed by atoms with van der Waals surface area (Å²) in [6.45, 7) is 3.37. The highest BCUT2D eigenvalue weighted by Gasteiger charge is 2.22. The van der Waals surface area contributed by atoms with Gasteiger partial charge in [-0.15, -0.1) is 11.3 Å². The molecule has 0 bridgehead atoms. The molecule has 2 aromatic rings. The second-order valence-electron chi connectivity index (χ2n) is 5.07. The first-order valence-electron chi connectivity index (χ1n) is 7.21. The van der Waals surface area contributed by atoms with Gasteiger partial charge in [0.25, 0.3) is 0 Å². The molecule has 1 atom stereocenters. The number of carbonyl (C=O) groups excluding carboxylic acids is 3. The minimum atomic E-state index is -0.874. The molecule has 1 amide bonds. The van der Waals surface area contributed by atoms with Crippen LogP contribution < -0.4 is 5.32 Å². The molecule has 1 aromatic carbocycles. The molecule has 0 aliphatic carbocycles. The van der Waals surface area contributed by atoms with E-state index in [2.05, 4.69) is 27.9 Å². The largest absolute Gasteiger partial charge is 0.451 e. The van der Waals surface area contributed by atoms with E-state index in [1.54, 1.807) is 37.3 Å². The predicted molar refractivity (Wildman–Crippen MR) is 100 cm³/mol. The van der Waals surface area contributed by atoms with Crippen LogP contribution in [0.2, 0.25) is 0 Å². The van der Waals surface area contributed by atoms with E-state index in [1.807, 2.05) is 6.07 Å². The molecule has 1 unspecified atom stereocenters. The van der Waals surface area contributed by atoms with E-state index in [-0.39, 0.29) is 11.7 Å². The van der Waals surface area contributed by atoms with Gasteiger partial charge < -0.3 is 10.1 Å². The van der Waals surface area contributed by atoms with Crippen molar-refractivity contribution in [3.05, 3.63) is 55.3 Å². The number of hydrogen-bond acceptors (Lipinski definition) is 5. The second kappa shape index (κ2) is 8.39. The maximum absolute atomic E-state index is 12.4. The Balaban J connectivity index is 2.00. The quantitative estimate of drug-likeness (QED) is 0.410. The lowest BCUT2D eigenvalue weighted by atomic mass is 10.2. The Bertz CT molecular complexity index is 771. The van der Waals surface area contributed by atoms with Crippen molar-refractivity contribution in [1.82, 2.24) is 5.32 Å². The lowest BCUT2D eigenvalue weighted by Gasteiger charge is -2.12. The molecule has 5 nitrogen and oxygen atoms in total. The van der Waals surface area contributed by atoms with Crippen LogP contribution in [-0.4, -0.2) is 23.8 Å². The molecule has 0 spiro atoms. The van der Waals surface area contributed by atoms with Gasteiger partial charge >= 0.3 is 5.97 Å². The number of hydrogen-bond donors (Lipinski definition) is 1. The highest BCUT2D eigenvalue weighted by Crippen LogP contribution is 2.20. The highest BCUT2D eigenvalue weighted by molar-refractivity contribution is 14.1. The molecular weight excluding hydrogens is 441 g/mol. The first-order chi connectivity index (χ1) is 11.4. The minimum Gasteiger partial charge on any atom is -0.451 e. The van der Waals surface area contributed by atoms with E-state index in [4.69, 9.17) is 4.74 Å². The summed E-state index contributed by atoms with van der Waals surface area (Å²) in [5, 5.41) is 2.68. The van der Waals surface area contributed by atoms with Crippen molar-refractivity contribution in [2.45, 2.75) is 26.5 Å². The van der Waals surface area contributed by atoms with Crippen LogP contribution in [0.3, 0.4) is 0 Å². The van der Waals surface area contributed by atoms with Crippen molar-refractivity contribution in [2.24, 2.45) is 0 Å². The summed E-state index contributed by atoms with van der Waals surface area (Å²) in [5.74, 6) is -0.903. The van der Waals surface area contributed by atoms with Gasteiger partial charge in [0.05, 0.1) is 17.0 Å². The maximum Gasteiger partial charge on any atom is 0.339 e. The summed E-state index contributed by atoms with van der Waals surface area (Å²) in [7, 11) is 0. The summed E-state index contributed by atoms with van der Waals surface area (Å²) in [6.07, 6.45) is -0.874. The minimum absolute atomic E-state index is 0.129. The smallest absolute Gasteiger partial charge is 0.339 e. The lowest BCUT2D eigenvalue weighted by molar-refractivity contribution is -0.119. The molecule has 1 heterocycles. The molecule has 0 saturated heterocycles. The van der Waals surface area contributed by atoms with Crippen molar-refractivity contribution in [2.75, 3.05) is 0 Å². The Morgan fingerprint density at radius 3 is 2.58 bits per heavy atom. The molecule has 1 N–H and O–H groups in total. The number of thiophene rings is 1. The number of carbonyl (C=O) groups is 3. The summed E-state index contributed by atoms with van der Waals surface area (Å²) < 4.78 is 6.06. The first-order valence-corrected chi connectivity index (χ1v) is 9.11. The van der Waals surface area contributed by atoms with Crippen molar-refractivity contribution >= 4 is 51.6 Å². The van der Waals surface area contributed by atoms with Crippen molar-refractivity contribution < 1.29 is 19.1 Å². The topological polar surface area (TPSA) is 72.5 Å². The number of rotatable bonds is 6. The summed E-state index contributed by atoms with van der Waals surface area (Å²) in [6, 6.07) is 10.5. The average Bonchev–Trinajstić information content (AvgIpc) is 3.01. The van der Waals surface area contributed by atoms with Gasteiger partial charge in [0.15, 0.2) is 6.10 Å². The third-order valence-electron chi connectivity index (χ3n) is 3.16. The summed E-state index contributed by atoms with van der Waals surface area (Å²) >= 11 is 3.33. The number of halogens is 1. The molecule has 24 heavy (non-hydrogen) atoms. The van der Waals surface area contributed by atoms with Crippen LogP contribution in [0.15, 0.2) is 36.4 Å². The number of benzene rings is 1. The van der Waals surface area contributed by atoms with Crippen LogP contribution in [0.4, 0.5) is 0 Å². The van der Waals surface area contributed by atoms with Crippen LogP contribution in [0.5, 0.6) is 0 Å². The highest BCUT2D eigenvalue weighted by atomic mass is 127. The van der Waals surface area contributed by atoms with E-state index in [9.17, 15) is 14.4 Å². The van der Waals surface area contributed by atoms with Crippen LogP contribution in [0.1, 0.15) is 38.8 Å². The van der Waals surface area contributed by atoms with Crippen molar-refractivity contribution in [1.29, 1.82) is 0 Å². The van der Waals surface area contributed by atoms with Gasteiger partial charge in [0.2, 0.25) is 11.7 Å². The molecule has 0 aliphatic rings. The molecule has 0 radical (unpaired) electrons. The van der Waals surface area contributed by atoms with Crippen molar-refractivity contribution in [3.8, 4) is 0 Å². The van der Waals surface area contributed by atoms with Crippen molar-refractivity contribution in [3.63, 3.8) is 0 Å². The van der Waals surface area contributed by atoms with Gasteiger partial charge in [0, 0.05) is 15.4 Å². The van der Waals surface area contributed by atoms with Gasteiger partial charge in [-0.05, 0) is 53.8 Å². The molecule has 126 valence electrons. The molecule has 2 rings (SSSR count). The normalized spacial score (nSPS) is 11.6. The molecule has 7 heteroatoms. The fraction of sp³-hybridized carbons (Fsp3) is 0.235. The molecule has 0 fully saturated rings. The molecular formula is C17H16INO4S. The number of Topliss-reactive ketones (excluding diaryl/α,β-unsaturated/α-hetero) is 1. The molecule has 0 aliphatic heterocycles. The zero-order valence-electron chi connectivity index (χ0n) is 13.2. The molecule has 0 saturated carbocycles. The number of amides is 1. The summed E-state index contributed by atoms with van der Waals surface area (Å²) in [5.41, 5.74) is 0.440. The van der Waals surface area contributed by atoms with Gasteiger partial charge in [-0.3, -0.25) is 9.59 Å². The SMILES string of the molecule is CC(=O)NCc1ccc(C(=O)C(C)OC(=O)c2ccccc2I)s1. The Hall–Kier alpha value is -1.74. The fourth-order valence-electron chi connectivity index (χ4n) is 1.92. The van der Waals surface area contributed by atoms with Crippen LogP contribution in [0.25, 0.3) is 0 Å². The maximum atomic E-state index is 12.4. The molecule has 1 aromatic heterocycles. The average molecular weight is 457 g/mol. The number of nitrogens with one attached hydrogen (secondary N) is 1. The first kappa shape index (κ1) is 18.6. The fourth-order valence-corrected chi connectivity index (χ4v) is 3.49. The van der Waals surface area contributed by atoms with E-state index in [1.165, 1.54) is 18.3 Å². The van der Waals surface area contributed by atoms with Crippen LogP contribution in [0, 0.1) is 3.57 Å². The number of ketones is 1. The Morgan fingerprint density at radius 2 is 1.92 bits per heavy atom. The second-order valence-corrected chi connectivity index (χ2v) is 7.40. The van der Waals surface area contributed by atoms with Gasteiger partial charge in [0.1, 0.15) is 0 Å². The number of ether oxygens (including phenoxy) is 1. The van der Waals surface area contributed by atoms with Gasteiger partial charge in [-0.1, -0.05) is 12.1 Å². The third-order valence-corrected chi connectivity index (χ3v) is 5.20. The predicted octanol–water partition coefficient (Wildman–Crippen LogP) is 3.42. The standard InChI is InChI=1S/C17H16INO4S/c1-10(23-17(22)13-5-3-4-6-14(13)18)16(21)15-8-7-12(24-15)9-19-11(2)20/h3-8,10H,9H2,1-2H3,(H,19,20). The van der Waals surface area contributed by atoms with E-state index in [0.717, 1.165) is 8.45 Å². The van der Waals surface area contributed by atoms with Gasteiger partial charge in [-0.25, -0.2) is 4.79 Å². The zero-order chi connectivity index (χ0) is 17.7. The number of esters is 1.